The minimum Gasteiger partial charge on any atom is -0.295 e. The largest absolute Gasteiger partial charge is 0.295 e. The Kier molecular flexibility index (Phi) is 6.42. The van der Waals surface area contributed by atoms with Crippen LogP contribution in [0.4, 0.5) is 0 Å². The van der Waals surface area contributed by atoms with E-state index in [2.05, 4.69) is 80.3 Å². The lowest BCUT2D eigenvalue weighted by molar-refractivity contribution is 0.131. The Morgan fingerprint density at radius 1 is 1.00 bits per heavy atom. The summed E-state index contributed by atoms with van der Waals surface area (Å²) >= 11 is 3.58. The SMILES string of the molecule is Cc1ccc(CN2CCN(/N=C/C(Br)=C\c3ccccc3)CC2)cc1. The number of hydrazone groups is 1. The molecule has 130 valence electrons. The van der Waals surface area contributed by atoms with Gasteiger partial charge in [-0.3, -0.25) is 9.91 Å². The van der Waals surface area contributed by atoms with Crippen LogP contribution in [0.1, 0.15) is 16.7 Å². The number of rotatable bonds is 5. The third kappa shape index (κ3) is 5.83. The van der Waals surface area contributed by atoms with Crippen molar-refractivity contribution < 1.29 is 0 Å². The molecule has 1 aliphatic rings. The van der Waals surface area contributed by atoms with Crippen LogP contribution in [0.2, 0.25) is 0 Å². The minimum absolute atomic E-state index is 0.966. The van der Waals surface area contributed by atoms with E-state index in [1.807, 2.05) is 24.4 Å². The summed E-state index contributed by atoms with van der Waals surface area (Å²) in [4.78, 5) is 2.49. The number of benzene rings is 2. The van der Waals surface area contributed by atoms with Gasteiger partial charge < -0.3 is 0 Å². The normalized spacial score (nSPS) is 16.6. The molecule has 3 rings (SSSR count). The van der Waals surface area contributed by atoms with Crippen LogP contribution in [-0.4, -0.2) is 42.3 Å². The molecule has 1 saturated heterocycles. The molecular weight excluding hydrogens is 374 g/mol. The van der Waals surface area contributed by atoms with Crippen LogP contribution in [0, 0.1) is 6.92 Å². The van der Waals surface area contributed by atoms with Gasteiger partial charge in [0.2, 0.25) is 0 Å². The number of halogens is 1. The maximum Gasteiger partial charge on any atom is 0.0612 e. The molecule has 0 amide bonds. The zero-order chi connectivity index (χ0) is 17.5. The molecule has 3 nitrogen and oxygen atoms in total. The van der Waals surface area contributed by atoms with Crippen molar-refractivity contribution in [2.75, 3.05) is 26.2 Å². The van der Waals surface area contributed by atoms with Crippen LogP contribution < -0.4 is 0 Å². The summed E-state index contributed by atoms with van der Waals surface area (Å²) in [6, 6.07) is 19.1. The lowest BCUT2D eigenvalue weighted by Gasteiger charge is -2.33. The number of piperazine rings is 1. The van der Waals surface area contributed by atoms with E-state index in [1.54, 1.807) is 0 Å². The zero-order valence-electron chi connectivity index (χ0n) is 14.6. The zero-order valence-corrected chi connectivity index (χ0v) is 16.2. The molecule has 0 saturated carbocycles. The highest BCUT2D eigenvalue weighted by molar-refractivity contribution is 9.12. The Morgan fingerprint density at radius 3 is 2.36 bits per heavy atom. The highest BCUT2D eigenvalue weighted by Crippen LogP contribution is 2.12. The molecule has 0 unspecified atom stereocenters. The van der Waals surface area contributed by atoms with E-state index in [0.717, 1.165) is 37.2 Å². The maximum atomic E-state index is 4.60. The first kappa shape index (κ1) is 17.9. The summed E-state index contributed by atoms with van der Waals surface area (Å²) in [5, 5.41) is 6.74. The number of allylic oxidation sites excluding steroid dienone is 1. The average molecular weight is 398 g/mol. The standard InChI is InChI=1S/C21H24BrN3/c1-18-7-9-20(10-8-18)17-24-11-13-25(14-12-24)23-16-21(22)15-19-5-3-2-4-6-19/h2-10,15-16H,11-14,17H2,1H3/b21-15+,23-16+. The number of nitrogens with zero attached hydrogens (tertiary/aromatic N) is 3. The predicted molar refractivity (Wildman–Crippen MR) is 110 cm³/mol. The van der Waals surface area contributed by atoms with Gasteiger partial charge in [-0.25, -0.2) is 0 Å². The molecular formula is C21H24BrN3. The van der Waals surface area contributed by atoms with Crippen molar-refractivity contribution >= 4 is 28.2 Å². The molecule has 1 aliphatic heterocycles. The first-order valence-electron chi connectivity index (χ1n) is 8.68. The van der Waals surface area contributed by atoms with Crippen LogP contribution in [0.3, 0.4) is 0 Å². The molecule has 2 aromatic carbocycles. The fourth-order valence-electron chi connectivity index (χ4n) is 2.85. The average Bonchev–Trinajstić information content (AvgIpc) is 2.64. The molecule has 2 aromatic rings. The Hall–Kier alpha value is -1.91. The first-order chi connectivity index (χ1) is 12.2. The summed E-state index contributed by atoms with van der Waals surface area (Å²) in [7, 11) is 0. The number of hydrogen-bond donors (Lipinski definition) is 0. The van der Waals surface area contributed by atoms with Gasteiger partial charge in [-0.05, 0) is 40.1 Å². The summed E-state index contributed by atoms with van der Waals surface area (Å²) in [6.07, 6.45) is 3.97. The summed E-state index contributed by atoms with van der Waals surface area (Å²) in [5.41, 5.74) is 3.87. The number of aryl methyl sites for hydroxylation is 1. The van der Waals surface area contributed by atoms with Gasteiger partial charge in [0.1, 0.15) is 0 Å². The third-order valence-electron chi connectivity index (χ3n) is 4.32. The van der Waals surface area contributed by atoms with Gasteiger partial charge in [-0.1, -0.05) is 60.2 Å². The van der Waals surface area contributed by atoms with Gasteiger partial charge in [-0.2, -0.15) is 5.10 Å². The second-order valence-corrected chi connectivity index (χ2v) is 7.32. The van der Waals surface area contributed by atoms with E-state index < -0.39 is 0 Å². The minimum atomic E-state index is 0.966. The molecule has 0 spiro atoms. The molecule has 1 fully saturated rings. The molecule has 0 N–H and O–H groups in total. The van der Waals surface area contributed by atoms with E-state index in [-0.39, 0.29) is 0 Å². The second-order valence-electron chi connectivity index (χ2n) is 6.40. The molecule has 0 radical (unpaired) electrons. The smallest absolute Gasteiger partial charge is 0.0612 e. The van der Waals surface area contributed by atoms with Crippen molar-refractivity contribution in [1.29, 1.82) is 0 Å². The van der Waals surface area contributed by atoms with Crippen LogP contribution in [0.25, 0.3) is 6.08 Å². The molecule has 25 heavy (non-hydrogen) atoms. The summed E-state index contributed by atoms with van der Waals surface area (Å²) in [5.74, 6) is 0. The van der Waals surface area contributed by atoms with Crippen LogP contribution in [0.15, 0.2) is 64.2 Å². The fraction of sp³-hybridized carbons (Fsp3) is 0.286. The van der Waals surface area contributed by atoms with Crippen molar-refractivity contribution in [3.8, 4) is 0 Å². The van der Waals surface area contributed by atoms with E-state index in [0.29, 0.717) is 0 Å². The highest BCUT2D eigenvalue weighted by atomic mass is 79.9. The summed E-state index contributed by atoms with van der Waals surface area (Å²) < 4.78 is 0.987. The predicted octanol–water partition coefficient (Wildman–Crippen LogP) is 4.53. The van der Waals surface area contributed by atoms with Crippen LogP contribution in [0.5, 0.6) is 0 Å². The molecule has 4 heteroatoms. The highest BCUT2D eigenvalue weighted by Gasteiger charge is 2.15. The topological polar surface area (TPSA) is 18.8 Å². The molecule has 0 aromatic heterocycles. The Labute approximate surface area is 158 Å². The maximum absolute atomic E-state index is 4.60. The van der Waals surface area contributed by atoms with Gasteiger partial charge in [0.25, 0.3) is 0 Å². The van der Waals surface area contributed by atoms with E-state index in [1.165, 1.54) is 16.7 Å². The first-order valence-corrected chi connectivity index (χ1v) is 9.47. The Morgan fingerprint density at radius 2 is 1.68 bits per heavy atom. The van der Waals surface area contributed by atoms with Gasteiger partial charge in [0.05, 0.1) is 6.21 Å². The van der Waals surface area contributed by atoms with E-state index in [4.69, 9.17) is 0 Å². The Balaban J connectivity index is 1.47. The molecule has 0 bridgehead atoms. The third-order valence-corrected chi connectivity index (χ3v) is 4.76. The van der Waals surface area contributed by atoms with Gasteiger partial charge in [0.15, 0.2) is 0 Å². The van der Waals surface area contributed by atoms with E-state index >= 15 is 0 Å². The van der Waals surface area contributed by atoms with Crippen molar-refractivity contribution in [2.24, 2.45) is 5.10 Å². The van der Waals surface area contributed by atoms with Crippen LogP contribution >= 0.6 is 15.9 Å². The summed E-state index contributed by atoms with van der Waals surface area (Å²) in [6.45, 7) is 7.18. The Bertz CT molecular complexity index is 715. The molecule has 0 aliphatic carbocycles. The van der Waals surface area contributed by atoms with Gasteiger partial charge in [0, 0.05) is 37.2 Å². The molecule has 0 atom stereocenters. The van der Waals surface area contributed by atoms with Gasteiger partial charge in [-0.15, -0.1) is 0 Å². The van der Waals surface area contributed by atoms with Crippen molar-refractivity contribution in [2.45, 2.75) is 13.5 Å². The lowest BCUT2D eigenvalue weighted by atomic mass is 10.1. The van der Waals surface area contributed by atoms with Crippen LogP contribution in [-0.2, 0) is 6.54 Å². The number of hydrogen-bond acceptors (Lipinski definition) is 3. The van der Waals surface area contributed by atoms with Crippen molar-refractivity contribution in [3.63, 3.8) is 0 Å². The molecule has 1 heterocycles. The van der Waals surface area contributed by atoms with Crippen molar-refractivity contribution in [1.82, 2.24) is 9.91 Å². The monoisotopic (exact) mass is 397 g/mol. The fourth-order valence-corrected chi connectivity index (χ4v) is 3.20. The van der Waals surface area contributed by atoms with Gasteiger partial charge >= 0.3 is 0 Å². The second kappa shape index (κ2) is 8.97. The lowest BCUT2D eigenvalue weighted by Crippen LogP contribution is -2.43. The van der Waals surface area contributed by atoms with E-state index in [9.17, 15) is 0 Å². The quantitative estimate of drug-likeness (QED) is 0.689. The van der Waals surface area contributed by atoms with Crippen molar-refractivity contribution in [3.05, 3.63) is 75.8 Å².